The third-order valence-electron chi connectivity index (χ3n) is 4.60. The van der Waals surface area contributed by atoms with Gasteiger partial charge >= 0.3 is 0 Å². The van der Waals surface area contributed by atoms with E-state index in [1.807, 2.05) is 0 Å². The number of ketones is 1. The van der Waals surface area contributed by atoms with E-state index in [1.165, 1.54) is 20.3 Å². The molecular weight excluding hydrogens is 328 g/mol. The molecule has 7 nitrogen and oxygen atoms in total. The number of ether oxygens (including phenoxy) is 4. The summed E-state index contributed by atoms with van der Waals surface area (Å²) in [7, 11) is 2.75. The first kappa shape index (κ1) is 15.6. The number of benzene rings is 2. The molecule has 0 bridgehead atoms. The molecule has 2 unspecified atom stereocenters. The Kier molecular flexibility index (Phi) is 3.30. The number of phenolic OH excluding ortho intramolecular Hbond substituents is 1. The van der Waals surface area contributed by atoms with Gasteiger partial charge in [0.15, 0.2) is 23.2 Å². The molecule has 2 aromatic carbocycles. The summed E-state index contributed by atoms with van der Waals surface area (Å²) in [4.78, 5) is 13.2. The highest BCUT2D eigenvalue weighted by Crippen LogP contribution is 2.52. The van der Waals surface area contributed by atoms with Gasteiger partial charge in [0.25, 0.3) is 0 Å². The maximum atomic E-state index is 13.2. The Hall–Kier alpha value is -2.93. The van der Waals surface area contributed by atoms with Crippen molar-refractivity contribution in [1.29, 1.82) is 0 Å². The van der Waals surface area contributed by atoms with Crippen LogP contribution in [0.4, 0.5) is 0 Å². The second-order valence-corrected chi connectivity index (χ2v) is 5.84. The zero-order valence-electron chi connectivity index (χ0n) is 13.6. The van der Waals surface area contributed by atoms with Crippen LogP contribution in [0.1, 0.15) is 15.9 Å². The van der Waals surface area contributed by atoms with Gasteiger partial charge in [0.2, 0.25) is 11.5 Å². The van der Waals surface area contributed by atoms with Crippen LogP contribution in [0.3, 0.4) is 0 Å². The van der Waals surface area contributed by atoms with Crippen LogP contribution in [0.25, 0.3) is 0 Å². The van der Waals surface area contributed by atoms with Crippen molar-refractivity contribution in [3.8, 4) is 28.7 Å². The summed E-state index contributed by atoms with van der Waals surface area (Å²) in [6, 6.07) is 8.16. The van der Waals surface area contributed by atoms with E-state index in [1.54, 1.807) is 24.3 Å². The van der Waals surface area contributed by atoms with Crippen molar-refractivity contribution in [2.24, 2.45) is 0 Å². The number of aliphatic hydroxyl groups is 1. The zero-order chi connectivity index (χ0) is 17.8. The molecule has 0 radical (unpaired) electrons. The zero-order valence-corrected chi connectivity index (χ0v) is 13.6. The second-order valence-electron chi connectivity index (χ2n) is 5.84. The van der Waals surface area contributed by atoms with Crippen LogP contribution in [-0.4, -0.2) is 42.9 Å². The summed E-state index contributed by atoms with van der Waals surface area (Å²) in [5, 5.41) is 21.8. The molecule has 2 atom stereocenters. The first-order chi connectivity index (χ1) is 12.0. The van der Waals surface area contributed by atoms with Crippen molar-refractivity contribution in [3.63, 3.8) is 0 Å². The highest BCUT2D eigenvalue weighted by molar-refractivity contribution is 6.09. The molecule has 2 aromatic rings. The number of hydrogen-bond donors (Lipinski definition) is 2. The number of Topliss-reactive ketones (excluding diaryl/α,β-unsaturated/α-hetero) is 1. The van der Waals surface area contributed by atoms with Gasteiger partial charge in [-0.15, -0.1) is 0 Å². The van der Waals surface area contributed by atoms with Crippen molar-refractivity contribution < 1.29 is 34.0 Å². The molecule has 130 valence electrons. The lowest BCUT2D eigenvalue weighted by molar-refractivity contribution is -0.0801. The van der Waals surface area contributed by atoms with Crippen LogP contribution in [-0.2, 0) is 5.60 Å². The molecule has 25 heavy (non-hydrogen) atoms. The van der Waals surface area contributed by atoms with Gasteiger partial charge in [-0.2, -0.15) is 0 Å². The van der Waals surface area contributed by atoms with Crippen molar-refractivity contribution in [1.82, 2.24) is 0 Å². The molecule has 4 rings (SSSR count). The van der Waals surface area contributed by atoms with E-state index >= 15 is 0 Å². The number of rotatable bonds is 2. The molecule has 0 saturated heterocycles. The Bertz CT molecular complexity index is 876. The monoisotopic (exact) mass is 344 g/mol. The summed E-state index contributed by atoms with van der Waals surface area (Å²) in [5.41, 5.74) is -1.80. The topological polar surface area (TPSA) is 94.5 Å². The van der Waals surface area contributed by atoms with E-state index < -0.39 is 23.2 Å². The van der Waals surface area contributed by atoms with Gasteiger partial charge in [-0.1, -0.05) is 18.2 Å². The van der Waals surface area contributed by atoms with Crippen LogP contribution in [0.2, 0.25) is 0 Å². The van der Waals surface area contributed by atoms with Crippen molar-refractivity contribution in [3.05, 3.63) is 41.5 Å². The number of hydrogen-bond acceptors (Lipinski definition) is 7. The van der Waals surface area contributed by atoms with E-state index in [0.717, 1.165) is 0 Å². The maximum absolute atomic E-state index is 13.2. The Morgan fingerprint density at radius 2 is 1.96 bits per heavy atom. The van der Waals surface area contributed by atoms with Gasteiger partial charge in [0.05, 0.1) is 14.2 Å². The minimum atomic E-state index is -1.96. The molecule has 2 N–H and O–H groups in total. The Morgan fingerprint density at radius 1 is 1.20 bits per heavy atom. The van der Waals surface area contributed by atoms with Gasteiger partial charge in [-0.05, 0) is 6.07 Å². The second kappa shape index (κ2) is 5.29. The lowest BCUT2D eigenvalue weighted by atomic mass is 9.77. The molecule has 7 heteroatoms. The summed E-state index contributed by atoms with van der Waals surface area (Å²) >= 11 is 0. The summed E-state index contributed by atoms with van der Waals surface area (Å²) < 4.78 is 21.7. The van der Waals surface area contributed by atoms with Crippen LogP contribution < -0.4 is 18.9 Å². The first-order valence-corrected chi connectivity index (χ1v) is 7.66. The number of carbonyl (C=O) groups is 1. The average Bonchev–Trinajstić information content (AvgIpc) is 2.62. The Balaban J connectivity index is 1.95. The largest absolute Gasteiger partial charge is 0.504 e. The molecule has 0 fully saturated rings. The van der Waals surface area contributed by atoms with Crippen molar-refractivity contribution >= 4 is 5.78 Å². The molecule has 2 heterocycles. The SMILES string of the molecule is COc1cc2c(c(O)c1OC)C(=O)C1(O)c3ccccc3OCC1O2. The fraction of sp³-hybridized carbons (Fsp3) is 0.278. The molecule has 2 aliphatic rings. The van der Waals surface area contributed by atoms with Crippen molar-refractivity contribution in [2.75, 3.05) is 20.8 Å². The lowest BCUT2D eigenvalue weighted by Crippen LogP contribution is -2.57. The van der Waals surface area contributed by atoms with E-state index in [2.05, 4.69) is 0 Å². The fourth-order valence-electron chi connectivity index (χ4n) is 3.36. The number of fused-ring (bicyclic) bond motifs is 4. The number of phenols is 1. The summed E-state index contributed by atoms with van der Waals surface area (Å²) in [6.45, 7) is -0.00615. The lowest BCUT2D eigenvalue weighted by Gasteiger charge is -2.43. The predicted molar refractivity (Wildman–Crippen MR) is 85.8 cm³/mol. The molecular formula is C18H16O7. The van der Waals surface area contributed by atoms with Gasteiger partial charge in [-0.25, -0.2) is 0 Å². The smallest absolute Gasteiger partial charge is 0.210 e. The van der Waals surface area contributed by atoms with E-state index in [9.17, 15) is 15.0 Å². The molecule has 0 aliphatic carbocycles. The standard InChI is InChI=1S/C18H16O7/c1-22-12-7-11-14(15(19)16(12)23-2)17(20)18(21)9-5-3-4-6-10(9)24-8-13(18)25-11/h3-7,13,19,21H,8H2,1-2H3. The number of methoxy groups -OCH3 is 2. The fourth-order valence-corrected chi connectivity index (χ4v) is 3.36. The van der Waals surface area contributed by atoms with Gasteiger partial charge < -0.3 is 29.2 Å². The van der Waals surface area contributed by atoms with Crippen molar-refractivity contribution in [2.45, 2.75) is 11.7 Å². The Morgan fingerprint density at radius 3 is 2.68 bits per heavy atom. The highest BCUT2D eigenvalue weighted by atomic mass is 16.6. The molecule has 0 saturated carbocycles. The van der Waals surface area contributed by atoms with Gasteiger partial charge in [0, 0.05) is 11.6 Å². The van der Waals surface area contributed by atoms with Crippen LogP contribution >= 0.6 is 0 Å². The summed E-state index contributed by atoms with van der Waals surface area (Å²) in [5.74, 6) is -0.375. The minimum Gasteiger partial charge on any atom is -0.504 e. The molecule has 0 aromatic heterocycles. The first-order valence-electron chi connectivity index (χ1n) is 7.66. The van der Waals surface area contributed by atoms with Crippen LogP contribution in [0, 0.1) is 0 Å². The van der Waals surface area contributed by atoms with Gasteiger partial charge in [0.1, 0.15) is 23.7 Å². The molecule has 0 spiro atoms. The molecule has 0 amide bonds. The summed E-state index contributed by atoms with van der Waals surface area (Å²) in [6.07, 6.45) is -0.945. The van der Waals surface area contributed by atoms with E-state index in [-0.39, 0.29) is 29.4 Å². The van der Waals surface area contributed by atoms with E-state index in [4.69, 9.17) is 18.9 Å². The van der Waals surface area contributed by atoms with E-state index in [0.29, 0.717) is 11.3 Å². The number of aromatic hydroxyl groups is 1. The quantitative estimate of drug-likeness (QED) is 0.855. The van der Waals surface area contributed by atoms with Crippen LogP contribution in [0.15, 0.2) is 30.3 Å². The number of carbonyl (C=O) groups excluding carboxylic acids is 1. The maximum Gasteiger partial charge on any atom is 0.210 e. The normalized spacial score (nSPS) is 23.5. The third kappa shape index (κ3) is 1.93. The molecule has 2 aliphatic heterocycles. The Labute approximate surface area is 143 Å². The number of para-hydroxylation sites is 1. The van der Waals surface area contributed by atoms with Crippen LogP contribution in [0.5, 0.6) is 28.7 Å². The predicted octanol–water partition coefficient (Wildman–Crippen LogP) is 1.63. The average molecular weight is 344 g/mol. The van der Waals surface area contributed by atoms with Gasteiger partial charge in [-0.3, -0.25) is 4.79 Å². The third-order valence-corrected chi connectivity index (χ3v) is 4.60. The minimum absolute atomic E-state index is 0.000551. The highest BCUT2D eigenvalue weighted by Gasteiger charge is 2.56.